The first-order valence-corrected chi connectivity index (χ1v) is 8.82. The molecule has 0 N–H and O–H groups in total. The van der Waals surface area contributed by atoms with Gasteiger partial charge in [0, 0.05) is 33.0 Å². The smallest absolute Gasteiger partial charge is 0.410 e. The van der Waals surface area contributed by atoms with Crippen molar-refractivity contribution in [3.8, 4) is 5.75 Å². The number of carbonyl (C=O) groups is 2. The standard InChI is InChI=1S/C16H22BrN3O4/c1-15(2,3)24-14(22)20-7-5-16(6-8-20)9-10(21)11-12(23-16)13(17)18-19(11)4/h5-9H2,1-4H3. The van der Waals surface area contributed by atoms with E-state index >= 15 is 0 Å². The summed E-state index contributed by atoms with van der Waals surface area (Å²) in [7, 11) is 1.73. The van der Waals surface area contributed by atoms with Crippen molar-refractivity contribution in [3.05, 3.63) is 10.3 Å². The van der Waals surface area contributed by atoms with Crippen LogP contribution in [0.15, 0.2) is 4.60 Å². The van der Waals surface area contributed by atoms with Gasteiger partial charge in [0.05, 0.1) is 6.42 Å². The molecule has 0 bridgehead atoms. The largest absolute Gasteiger partial charge is 0.481 e. The average Bonchev–Trinajstić information content (AvgIpc) is 2.72. The van der Waals surface area contributed by atoms with Crippen molar-refractivity contribution in [1.82, 2.24) is 14.7 Å². The number of Topliss-reactive ketones (excluding diaryl/α,β-unsaturated/α-hetero) is 1. The summed E-state index contributed by atoms with van der Waals surface area (Å²) >= 11 is 3.35. The van der Waals surface area contributed by atoms with Crippen molar-refractivity contribution < 1.29 is 19.1 Å². The summed E-state index contributed by atoms with van der Waals surface area (Å²) in [6.07, 6.45) is 1.19. The Morgan fingerprint density at radius 3 is 2.54 bits per heavy atom. The molecule has 3 rings (SSSR count). The topological polar surface area (TPSA) is 73.7 Å². The summed E-state index contributed by atoms with van der Waals surface area (Å²) in [5.74, 6) is 0.544. The molecule has 132 valence electrons. The highest BCUT2D eigenvalue weighted by Crippen LogP contribution is 2.42. The number of carbonyl (C=O) groups excluding carboxylic acids is 2. The Hall–Kier alpha value is -1.57. The van der Waals surface area contributed by atoms with Gasteiger partial charge >= 0.3 is 6.09 Å². The van der Waals surface area contributed by atoms with Gasteiger partial charge in [-0.3, -0.25) is 9.48 Å². The molecule has 7 nitrogen and oxygen atoms in total. The Morgan fingerprint density at radius 2 is 1.96 bits per heavy atom. The van der Waals surface area contributed by atoms with E-state index in [1.807, 2.05) is 20.8 Å². The van der Waals surface area contributed by atoms with Crippen molar-refractivity contribution in [1.29, 1.82) is 0 Å². The number of ketones is 1. The summed E-state index contributed by atoms with van der Waals surface area (Å²) in [6, 6.07) is 0. The van der Waals surface area contributed by atoms with Crippen molar-refractivity contribution >= 4 is 27.8 Å². The lowest BCUT2D eigenvalue weighted by molar-refractivity contribution is -0.0231. The van der Waals surface area contributed by atoms with E-state index in [2.05, 4.69) is 21.0 Å². The van der Waals surface area contributed by atoms with E-state index in [1.165, 1.54) is 0 Å². The van der Waals surface area contributed by atoms with Gasteiger partial charge in [0.15, 0.2) is 16.1 Å². The summed E-state index contributed by atoms with van der Waals surface area (Å²) < 4.78 is 13.7. The van der Waals surface area contributed by atoms with E-state index in [-0.39, 0.29) is 11.9 Å². The predicted octanol–water partition coefficient (Wildman–Crippen LogP) is 2.92. The van der Waals surface area contributed by atoms with Crippen LogP contribution in [0.1, 0.15) is 50.5 Å². The second-order valence-electron chi connectivity index (χ2n) is 7.44. The first kappa shape index (κ1) is 17.3. The third kappa shape index (κ3) is 3.16. The molecule has 0 aliphatic carbocycles. The van der Waals surface area contributed by atoms with Crippen LogP contribution in [0.25, 0.3) is 0 Å². The minimum Gasteiger partial charge on any atom is -0.481 e. The molecule has 1 saturated heterocycles. The maximum absolute atomic E-state index is 12.5. The molecule has 0 saturated carbocycles. The molecular weight excluding hydrogens is 378 g/mol. The summed E-state index contributed by atoms with van der Waals surface area (Å²) in [6.45, 7) is 6.56. The van der Waals surface area contributed by atoms with E-state index < -0.39 is 11.2 Å². The molecule has 1 amide bonds. The number of hydrogen-bond donors (Lipinski definition) is 0. The van der Waals surface area contributed by atoms with Gasteiger partial charge < -0.3 is 14.4 Å². The molecule has 1 aromatic heterocycles. The minimum atomic E-state index is -0.561. The number of ether oxygens (including phenoxy) is 2. The minimum absolute atomic E-state index is 0.0302. The average molecular weight is 400 g/mol. The van der Waals surface area contributed by atoms with Crippen molar-refractivity contribution in [2.75, 3.05) is 13.1 Å². The van der Waals surface area contributed by atoms with Crippen molar-refractivity contribution in [2.24, 2.45) is 7.05 Å². The molecule has 1 aromatic rings. The van der Waals surface area contributed by atoms with Crippen LogP contribution >= 0.6 is 15.9 Å². The maximum Gasteiger partial charge on any atom is 0.410 e. The van der Waals surface area contributed by atoms with Gasteiger partial charge in [-0.1, -0.05) is 0 Å². The highest BCUT2D eigenvalue weighted by molar-refractivity contribution is 9.10. The van der Waals surface area contributed by atoms with Gasteiger partial charge in [0.1, 0.15) is 16.9 Å². The highest BCUT2D eigenvalue weighted by Gasteiger charge is 2.46. The molecule has 8 heteroatoms. The zero-order chi connectivity index (χ0) is 17.7. The molecule has 0 aromatic carbocycles. The first-order chi connectivity index (χ1) is 11.1. The molecule has 0 atom stereocenters. The Labute approximate surface area is 149 Å². The first-order valence-electron chi connectivity index (χ1n) is 8.03. The normalized spacial score (nSPS) is 19.9. The van der Waals surface area contributed by atoms with Crippen LogP contribution in [0, 0.1) is 0 Å². The molecule has 1 fully saturated rings. The van der Waals surface area contributed by atoms with E-state index in [4.69, 9.17) is 9.47 Å². The lowest BCUT2D eigenvalue weighted by Crippen LogP contribution is -2.53. The Bertz CT molecular complexity index is 684. The lowest BCUT2D eigenvalue weighted by atomic mass is 9.84. The second-order valence-corrected chi connectivity index (χ2v) is 8.20. The van der Waals surface area contributed by atoms with Gasteiger partial charge in [-0.05, 0) is 36.7 Å². The number of nitrogens with zero attached hydrogens (tertiary/aromatic N) is 3. The van der Waals surface area contributed by atoms with Crippen LogP contribution < -0.4 is 4.74 Å². The van der Waals surface area contributed by atoms with Gasteiger partial charge in [-0.15, -0.1) is 0 Å². The molecular formula is C16H22BrN3O4. The van der Waals surface area contributed by atoms with E-state index in [0.717, 1.165) is 0 Å². The number of likely N-dealkylation sites (tertiary alicyclic amines) is 1. The van der Waals surface area contributed by atoms with Crippen LogP contribution in [-0.4, -0.2) is 50.8 Å². The van der Waals surface area contributed by atoms with Crippen LogP contribution in [0.4, 0.5) is 4.79 Å². The summed E-state index contributed by atoms with van der Waals surface area (Å²) in [5.41, 5.74) is -0.574. The number of rotatable bonds is 0. The van der Waals surface area contributed by atoms with E-state index in [0.29, 0.717) is 48.4 Å². The maximum atomic E-state index is 12.5. The van der Waals surface area contributed by atoms with Gasteiger partial charge in [0.25, 0.3) is 0 Å². The van der Waals surface area contributed by atoms with Crippen LogP contribution in [-0.2, 0) is 11.8 Å². The number of piperidine rings is 1. The highest BCUT2D eigenvalue weighted by atomic mass is 79.9. The van der Waals surface area contributed by atoms with Gasteiger partial charge in [-0.2, -0.15) is 5.10 Å². The monoisotopic (exact) mass is 399 g/mol. The number of halogens is 1. The fraction of sp³-hybridized carbons (Fsp3) is 0.688. The fourth-order valence-electron chi connectivity index (χ4n) is 3.20. The molecule has 2 aliphatic rings. The molecule has 3 heterocycles. The zero-order valence-electron chi connectivity index (χ0n) is 14.4. The second kappa shape index (κ2) is 5.75. The van der Waals surface area contributed by atoms with Crippen molar-refractivity contribution in [2.45, 2.75) is 51.2 Å². The van der Waals surface area contributed by atoms with Gasteiger partial charge in [0.2, 0.25) is 0 Å². The lowest BCUT2D eigenvalue weighted by Gasteiger charge is -2.43. The Morgan fingerprint density at radius 1 is 1.33 bits per heavy atom. The van der Waals surface area contributed by atoms with Crippen LogP contribution in [0.2, 0.25) is 0 Å². The molecule has 0 unspecified atom stereocenters. The third-order valence-corrected chi connectivity index (χ3v) is 4.87. The Kier molecular flexibility index (Phi) is 4.14. The molecule has 24 heavy (non-hydrogen) atoms. The Balaban J connectivity index is 1.71. The number of amides is 1. The van der Waals surface area contributed by atoms with Gasteiger partial charge in [-0.25, -0.2) is 4.79 Å². The molecule has 0 radical (unpaired) electrons. The SMILES string of the molecule is Cn1nc(Br)c2c1C(=O)CC1(CCN(C(=O)OC(C)(C)C)CC1)O2. The van der Waals surface area contributed by atoms with Crippen LogP contribution in [0.3, 0.4) is 0 Å². The number of fused-ring (bicyclic) bond motifs is 1. The number of hydrogen-bond acceptors (Lipinski definition) is 5. The fourth-order valence-corrected chi connectivity index (χ4v) is 3.71. The predicted molar refractivity (Wildman–Crippen MR) is 90.3 cm³/mol. The van der Waals surface area contributed by atoms with E-state index in [9.17, 15) is 9.59 Å². The molecule has 2 aliphatic heterocycles. The summed E-state index contributed by atoms with van der Waals surface area (Å²) in [5, 5.41) is 4.21. The third-order valence-electron chi connectivity index (χ3n) is 4.36. The van der Waals surface area contributed by atoms with Crippen molar-refractivity contribution in [3.63, 3.8) is 0 Å². The van der Waals surface area contributed by atoms with Crippen LogP contribution in [0.5, 0.6) is 5.75 Å². The molecule has 1 spiro atoms. The van der Waals surface area contributed by atoms with E-state index in [1.54, 1.807) is 16.6 Å². The quantitative estimate of drug-likeness (QED) is 0.670. The zero-order valence-corrected chi connectivity index (χ0v) is 16.0. The summed E-state index contributed by atoms with van der Waals surface area (Å²) in [4.78, 5) is 26.4. The number of aromatic nitrogens is 2. The number of aryl methyl sites for hydroxylation is 1.